The molecule has 0 aromatic heterocycles. The van der Waals surface area contributed by atoms with Gasteiger partial charge in [-0.25, -0.2) is 0 Å². The number of benzene rings is 2. The maximum atomic E-state index is 12.1. The van der Waals surface area contributed by atoms with Crippen LogP contribution < -0.4 is 4.18 Å². The van der Waals surface area contributed by atoms with Crippen LogP contribution in [-0.4, -0.2) is 8.42 Å². The molecule has 0 spiro atoms. The molecule has 0 amide bonds. The minimum absolute atomic E-state index is 0.161. The molecular formula is C17H20O3S. The molecule has 4 heteroatoms. The van der Waals surface area contributed by atoms with Crippen molar-refractivity contribution in [1.82, 2.24) is 0 Å². The summed E-state index contributed by atoms with van der Waals surface area (Å²) in [5.74, 6) is 0.807. The average Bonchev–Trinajstić information content (AvgIpc) is 2.49. The van der Waals surface area contributed by atoms with Crippen LogP contribution in [0.15, 0.2) is 59.5 Å². The van der Waals surface area contributed by atoms with Crippen LogP contribution >= 0.6 is 0 Å². The quantitative estimate of drug-likeness (QED) is 0.745. The number of rotatable bonds is 6. The van der Waals surface area contributed by atoms with Gasteiger partial charge in [0.25, 0.3) is 0 Å². The second-order valence-electron chi connectivity index (χ2n) is 5.11. The first-order valence-electron chi connectivity index (χ1n) is 7.12. The van der Waals surface area contributed by atoms with Gasteiger partial charge in [0.15, 0.2) is 0 Å². The molecular weight excluding hydrogens is 284 g/mol. The van der Waals surface area contributed by atoms with Crippen LogP contribution in [0.2, 0.25) is 0 Å². The fourth-order valence-electron chi connectivity index (χ4n) is 2.21. The van der Waals surface area contributed by atoms with Gasteiger partial charge in [-0.1, -0.05) is 50.6 Å². The summed E-state index contributed by atoms with van der Waals surface area (Å²) in [7, 11) is -3.76. The third-order valence-electron chi connectivity index (χ3n) is 3.41. The van der Waals surface area contributed by atoms with E-state index in [1.807, 2.05) is 12.1 Å². The Hall–Kier alpha value is -1.81. The standard InChI is InChI=1S/C17H20O3S/c1-3-7-14(2)15-10-12-16(13-11-15)20-21(18,19)17-8-5-4-6-9-17/h4-6,8-14H,3,7H2,1-2H3. The Kier molecular flexibility index (Phi) is 5.02. The summed E-state index contributed by atoms with van der Waals surface area (Å²) >= 11 is 0. The fraction of sp³-hybridized carbons (Fsp3) is 0.294. The van der Waals surface area contributed by atoms with E-state index in [4.69, 9.17) is 4.18 Å². The Labute approximate surface area is 126 Å². The molecule has 0 N–H and O–H groups in total. The van der Waals surface area contributed by atoms with E-state index in [1.165, 1.54) is 17.7 Å². The van der Waals surface area contributed by atoms with E-state index in [9.17, 15) is 8.42 Å². The van der Waals surface area contributed by atoms with Crippen LogP contribution in [0, 0.1) is 0 Å². The zero-order valence-electron chi connectivity index (χ0n) is 12.3. The molecule has 0 fully saturated rings. The van der Waals surface area contributed by atoms with E-state index in [1.54, 1.807) is 30.3 Å². The minimum Gasteiger partial charge on any atom is -0.379 e. The van der Waals surface area contributed by atoms with Gasteiger partial charge in [-0.3, -0.25) is 0 Å². The molecule has 0 aliphatic rings. The summed E-state index contributed by atoms with van der Waals surface area (Å²) in [5.41, 5.74) is 1.20. The molecule has 2 aromatic carbocycles. The lowest BCUT2D eigenvalue weighted by Crippen LogP contribution is -2.09. The lowest BCUT2D eigenvalue weighted by atomic mass is 9.97. The zero-order valence-corrected chi connectivity index (χ0v) is 13.1. The summed E-state index contributed by atoms with van der Waals surface area (Å²) < 4.78 is 29.4. The van der Waals surface area contributed by atoms with Crippen LogP contribution in [-0.2, 0) is 10.1 Å². The van der Waals surface area contributed by atoms with E-state index < -0.39 is 10.1 Å². The van der Waals surface area contributed by atoms with Gasteiger partial charge in [-0.2, -0.15) is 8.42 Å². The van der Waals surface area contributed by atoms with Gasteiger partial charge in [0, 0.05) is 0 Å². The minimum atomic E-state index is -3.76. The molecule has 2 rings (SSSR count). The van der Waals surface area contributed by atoms with Crippen molar-refractivity contribution in [2.75, 3.05) is 0 Å². The highest BCUT2D eigenvalue weighted by molar-refractivity contribution is 7.87. The van der Waals surface area contributed by atoms with Gasteiger partial charge in [0.05, 0.1) is 0 Å². The van der Waals surface area contributed by atoms with Gasteiger partial charge >= 0.3 is 10.1 Å². The largest absolute Gasteiger partial charge is 0.379 e. The highest BCUT2D eigenvalue weighted by Crippen LogP contribution is 2.24. The first-order valence-corrected chi connectivity index (χ1v) is 8.53. The van der Waals surface area contributed by atoms with Gasteiger partial charge in [0.1, 0.15) is 10.6 Å². The van der Waals surface area contributed by atoms with Crippen molar-refractivity contribution >= 4 is 10.1 Å². The van der Waals surface area contributed by atoms with E-state index in [0.717, 1.165) is 12.8 Å². The molecule has 0 radical (unpaired) electrons. The maximum absolute atomic E-state index is 12.1. The molecule has 0 heterocycles. The molecule has 1 unspecified atom stereocenters. The molecule has 0 aliphatic heterocycles. The van der Waals surface area contributed by atoms with Crippen molar-refractivity contribution in [3.05, 3.63) is 60.2 Å². The molecule has 2 aromatic rings. The summed E-state index contributed by atoms with van der Waals surface area (Å²) in [6.45, 7) is 4.32. The van der Waals surface area contributed by atoms with Crippen molar-refractivity contribution < 1.29 is 12.6 Å². The molecule has 0 bridgehead atoms. The maximum Gasteiger partial charge on any atom is 0.339 e. The predicted molar refractivity (Wildman–Crippen MR) is 84.0 cm³/mol. The lowest BCUT2D eigenvalue weighted by Gasteiger charge is -2.11. The average molecular weight is 304 g/mol. The van der Waals surface area contributed by atoms with Gasteiger partial charge in [-0.05, 0) is 42.2 Å². The molecule has 0 aliphatic carbocycles. The van der Waals surface area contributed by atoms with Crippen LogP contribution in [0.3, 0.4) is 0 Å². The van der Waals surface area contributed by atoms with Gasteiger partial charge in [-0.15, -0.1) is 0 Å². The van der Waals surface area contributed by atoms with Crippen molar-refractivity contribution in [3.63, 3.8) is 0 Å². The lowest BCUT2D eigenvalue weighted by molar-refractivity contribution is 0.486. The van der Waals surface area contributed by atoms with E-state index in [-0.39, 0.29) is 4.90 Å². The Balaban J connectivity index is 2.14. The first kappa shape index (κ1) is 15.6. The van der Waals surface area contributed by atoms with E-state index in [2.05, 4.69) is 13.8 Å². The SMILES string of the molecule is CCCC(C)c1ccc(OS(=O)(=O)c2ccccc2)cc1. The Morgan fingerprint density at radius 3 is 2.19 bits per heavy atom. The summed E-state index contributed by atoms with van der Waals surface area (Å²) in [6.07, 6.45) is 2.24. The second kappa shape index (κ2) is 6.76. The third-order valence-corrected chi connectivity index (χ3v) is 4.67. The topological polar surface area (TPSA) is 43.4 Å². The molecule has 21 heavy (non-hydrogen) atoms. The van der Waals surface area contributed by atoms with Crippen molar-refractivity contribution in [2.45, 2.75) is 37.5 Å². The van der Waals surface area contributed by atoms with Crippen LogP contribution in [0.25, 0.3) is 0 Å². The van der Waals surface area contributed by atoms with Crippen LogP contribution in [0.5, 0.6) is 5.75 Å². The highest BCUT2D eigenvalue weighted by atomic mass is 32.2. The fourth-order valence-corrected chi connectivity index (χ4v) is 3.16. The molecule has 0 saturated carbocycles. The summed E-state index contributed by atoms with van der Waals surface area (Å²) in [4.78, 5) is 0.161. The summed E-state index contributed by atoms with van der Waals surface area (Å²) in [5, 5.41) is 0. The molecule has 3 nitrogen and oxygen atoms in total. The summed E-state index contributed by atoms with van der Waals surface area (Å²) in [6, 6.07) is 15.4. The zero-order chi connectivity index (χ0) is 15.3. The van der Waals surface area contributed by atoms with Crippen molar-refractivity contribution in [2.24, 2.45) is 0 Å². The second-order valence-corrected chi connectivity index (χ2v) is 6.66. The number of hydrogen-bond donors (Lipinski definition) is 0. The smallest absolute Gasteiger partial charge is 0.339 e. The highest BCUT2D eigenvalue weighted by Gasteiger charge is 2.16. The predicted octanol–water partition coefficient (Wildman–Crippen LogP) is 4.36. The van der Waals surface area contributed by atoms with E-state index in [0.29, 0.717) is 11.7 Å². The van der Waals surface area contributed by atoms with Crippen molar-refractivity contribution in [3.8, 4) is 5.75 Å². The van der Waals surface area contributed by atoms with Gasteiger partial charge < -0.3 is 4.18 Å². The number of hydrogen-bond acceptors (Lipinski definition) is 3. The van der Waals surface area contributed by atoms with E-state index >= 15 is 0 Å². The van der Waals surface area contributed by atoms with Crippen LogP contribution in [0.4, 0.5) is 0 Å². The Morgan fingerprint density at radius 2 is 1.62 bits per heavy atom. The van der Waals surface area contributed by atoms with Crippen LogP contribution in [0.1, 0.15) is 38.2 Å². The normalized spacial score (nSPS) is 12.9. The monoisotopic (exact) mass is 304 g/mol. The van der Waals surface area contributed by atoms with Crippen molar-refractivity contribution in [1.29, 1.82) is 0 Å². The molecule has 0 saturated heterocycles. The first-order chi connectivity index (χ1) is 10.0. The Bertz CT molecular complexity index is 661. The molecule has 1 atom stereocenters. The third kappa shape index (κ3) is 4.08. The Morgan fingerprint density at radius 1 is 1.00 bits per heavy atom. The van der Waals surface area contributed by atoms with Gasteiger partial charge in [0.2, 0.25) is 0 Å². The molecule has 112 valence electrons.